The third-order valence-electron chi connectivity index (χ3n) is 3.29. The fourth-order valence-corrected chi connectivity index (χ4v) is 2.28. The predicted octanol–water partition coefficient (Wildman–Crippen LogP) is 3.45. The number of carbonyl (C=O) groups is 2. The van der Waals surface area contributed by atoms with Gasteiger partial charge >= 0.3 is 0 Å². The van der Waals surface area contributed by atoms with Gasteiger partial charge in [-0.15, -0.1) is 0 Å². The molecule has 0 aliphatic heterocycles. The van der Waals surface area contributed by atoms with Crippen LogP contribution >= 0.6 is 0 Å². The predicted molar refractivity (Wildman–Crippen MR) is 90.4 cm³/mol. The first-order valence-electron chi connectivity index (χ1n) is 7.15. The van der Waals surface area contributed by atoms with E-state index in [1.165, 1.54) is 6.92 Å². The van der Waals surface area contributed by atoms with E-state index >= 15 is 0 Å². The van der Waals surface area contributed by atoms with Gasteiger partial charge < -0.3 is 10.6 Å². The Balaban J connectivity index is 1.81. The lowest BCUT2D eigenvalue weighted by Gasteiger charge is -2.08. The number of pyridine rings is 1. The maximum Gasteiger partial charge on any atom is 0.257 e. The molecule has 3 aromatic rings. The van der Waals surface area contributed by atoms with Gasteiger partial charge in [-0.05, 0) is 30.3 Å². The van der Waals surface area contributed by atoms with Gasteiger partial charge in [0.1, 0.15) is 0 Å². The quantitative estimate of drug-likeness (QED) is 0.778. The zero-order valence-corrected chi connectivity index (χ0v) is 12.5. The number of amides is 2. The Hall–Kier alpha value is -3.21. The lowest BCUT2D eigenvalue weighted by molar-refractivity contribution is -0.114. The van der Waals surface area contributed by atoms with Crippen LogP contribution in [-0.4, -0.2) is 16.8 Å². The first-order valence-corrected chi connectivity index (χ1v) is 7.15. The Morgan fingerprint density at radius 2 is 1.65 bits per heavy atom. The van der Waals surface area contributed by atoms with Crippen LogP contribution in [0.3, 0.4) is 0 Å². The molecule has 2 amide bonds. The number of carbonyl (C=O) groups excluding carboxylic acids is 2. The zero-order valence-electron chi connectivity index (χ0n) is 12.5. The van der Waals surface area contributed by atoms with Crippen molar-refractivity contribution < 1.29 is 9.59 Å². The van der Waals surface area contributed by atoms with E-state index in [2.05, 4.69) is 15.6 Å². The summed E-state index contributed by atoms with van der Waals surface area (Å²) < 4.78 is 0. The molecule has 2 aromatic carbocycles. The minimum absolute atomic E-state index is 0.160. The number of hydrogen-bond acceptors (Lipinski definition) is 3. The molecular formula is C18H15N3O2. The standard InChI is InChI=1S/C18H15N3O2/c1-12(22)20-15-6-4-7-16(10-15)21-18(23)14-9-13-5-2-3-8-17(13)19-11-14/h2-11H,1H3,(H,20,22)(H,21,23). The van der Waals surface area contributed by atoms with Crippen molar-refractivity contribution >= 4 is 34.1 Å². The summed E-state index contributed by atoms with van der Waals surface area (Å²) in [5.74, 6) is -0.407. The van der Waals surface area contributed by atoms with Gasteiger partial charge in [-0.1, -0.05) is 24.3 Å². The van der Waals surface area contributed by atoms with Crippen molar-refractivity contribution in [2.75, 3.05) is 10.6 Å². The number of fused-ring (bicyclic) bond motifs is 1. The summed E-state index contributed by atoms with van der Waals surface area (Å²) in [6, 6.07) is 16.4. The monoisotopic (exact) mass is 305 g/mol. The second-order valence-corrected chi connectivity index (χ2v) is 5.13. The zero-order chi connectivity index (χ0) is 16.2. The highest BCUT2D eigenvalue weighted by Crippen LogP contribution is 2.17. The third-order valence-corrected chi connectivity index (χ3v) is 3.29. The number of benzene rings is 2. The molecule has 5 heteroatoms. The number of para-hydroxylation sites is 1. The first kappa shape index (κ1) is 14.7. The lowest BCUT2D eigenvalue weighted by Crippen LogP contribution is -2.13. The lowest BCUT2D eigenvalue weighted by atomic mass is 10.1. The second kappa shape index (κ2) is 6.27. The van der Waals surface area contributed by atoms with E-state index in [1.54, 1.807) is 36.5 Å². The smallest absolute Gasteiger partial charge is 0.257 e. The highest BCUT2D eigenvalue weighted by atomic mass is 16.2. The summed E-state index contributed by atoms with van der Waals surface area (Å²) in [7, 11) is 0. The van der Waals surface area contributed by atoms with E-state index in [-0.39, 0.29) is 11.8 Å². The molecular weight excluding hydrogens is 290 g/mol. The minimum atomic E-state index is -0.247. The summed E-state index contributed by atoms with van der Waals surface area (Å²) in [6.07, 6.45) is 1.55. The van der Waals surface area contributed by atoms with Crippen LogP contribution in [0.1, 0.15) is 17.3 Å². The molecule has 0 radical (unpaired) electrons. The largest absolute Gasteiger partial charge is 0.326 e. The molecule has 114 valence electrons. The highest BCUT2D eigenvalue weighted by molar-refractivity contribution is 6.06. The summed E-state index contributed by atoms with van der Waals surface area (Å²) in [6.45, 7) is 1.44. The van der Waals surface area contributed by atoms with E-state index in [9.17, 15) is 9.59 Å². The number of anilines is 2. The molecule has 0 atom stereocenters. The van der Waals surface area contributed by atoms with Gasteiger partial charge in [0.25, 0.3) is 5.91 Å². The molecule has 1 heterocycles. The molecule has 23 heavy (non-hydrogen) atoms. The van der Waals surface area contributed by atoms with E-state index in [1.807, 2.05) is 24.3 Å². The molecule has 0 unspecified atom stereocenters. The van der Waals surface area contributed by atoms with Crippen LogP contribution in [-0.2, 0) is 4.79 Å². The van der Waals surface area contributed by atoms with Gasteiger partial charge in [-0.3, -0.25) is 14.6 Å². The van der Waals surface area contributed by atoms with Crippen LogP contribution in [0.5, 0.6) is 0 Å². The Morgan fingerprint density at radius 1 is 0.913 bits per heavy atom. The Morgan fingerprint density at radius 3 is 2.43 bits per heavy atom. The fraction of sp³-hybridized carbons (Fsp3) is 0.0556. The summed E-state index contributed by atoms with van der Waals surface area (Å²) >= 11 is 0. The molecule has 0 aliphatic carbocycles. The van der Waals surface area contributed by atoms with Crippen LogP contribution in [0.25, 0.3) is 10.9 Å². The second-order valence-electron chi connectivity index (χ2n) is 5.13. The van der Waals surface area contributed by atoms with Crippen LogP contribution in [0, 0.1) is 0 Å². The molecule has 0 saturated carbocycles. The first-order chi connectivity index (χ1) is 11.1. The van der Waals surface area contributed by atoms with E-state index in [4.69, 9.17) is 0 Å². The molecule has 5 nitrogen and oxygen atoms in total. The molecule has 0 saturated heterocycles. The maximum absolute atomic E-state index is 12.4. The van der Waals surface area contributed by atoms with Gasteiger partial charge in [-0.25, -0.2) is 0 Å². The van der Waals surface area contributed by atoms with Gasteiger partial charge in [0, 0.05) is 29.9 Å². The summed E-state index contributed by atoms with van der Waals surface area (Å²) in [5.41, 5.74) is 2.56. The van der Waals surface area contributed by atoms with Crippen molar-refractivity contribution in [1.82, 2.24) is 4.98 Å². The Labute approximate surface area is 133 Å². The van der Waals surface area contributed by atoms with Crippen LogP contribution in [0.2, 0.25) is 0 Å². The van der Waals surface area contributed by atoms with Crippen molar-refractivity contribution in [2.24, 2.45) is 0 Å². The molecule has 0 bridgehead atoms. The topological polar surface area (TPSA) is 71.1 Å². The number of nitrogens with zero attached hydrogens (tertiary/aromatic N) is 1. The molecule has 2 N–H and O–H groups in total. The average Bonchev–Trinajstić information content (AvgIpc) is 2.54. The van der Waals surface area contributed by atoms with Gasteiger partial charge in [0.05, 0.1) is 11.1 Å². The Kier molecular flexibility index (Phi) is 4.01. The van der Waals surface area contributed by atoms with E-state index in [0.717, 1.165) is 10.9 Å². The Bertz CT molecular complexity index is 890. The third kappa shape index (κ3) is 3.52. The molecule has 0 fully saturated rings. The molecule has 0 spiro atoms. The van der Waals surface area contributed by atoms with Gasteiger partial charge in [0.2, 0.25) is 5.91 Å². The highest BCUT2D eigenvalue weighted by Gasteiger charge is 2.08. The number of hydrogen-bond donors (Lipinski definition) is 2. The van der Waals surface area contributed by atoms with E-state index < -0.39 is 0 Å². The summed E-state index contributed by atoms with van der Waals surface area (Å²) in [5, 5.41) is 6.40. The van der Waals surface area contributed by atoms with Gasteiger partial charge in [-0.2, -0.15) is 0 Å². The minimum Gasteiger partial charge on any atom is -0.326 e. The normalized spacial score (nSPS) is 10.3. The number of rotatable bonds is 3. The SMILES string of the molecule is CC(=O)Nc1cccc(NC(=O)c2cnc3ccccc3c2)c1. The van der Waals surface area contributed by atoms with Crippen molar-refractivity contribution in [3.05, 3.63) is 66.4 Å². The number of aromatic nitrogens is 1. The van der Waals surface area contributed by atoms with E-state index in [0.29, 0.717) is 16.9 Å². The van der Waals surface area contributed by atoms with Crippen molar-refractivity contribution in [1.29, 1.82) is 0 Å². The molecule has 0 aliphatic rings. The number of nitrogens with one attached hydrogen (secondary N) is 2. The van der Waals surface area contributed by atoms with Crippen molar-refractivity contribution in [3.8, 4) is 0 Å². The molecule has 1 aromatic heterocycles. The van der Waals surface area contributed by atoms with Crippen LogP contribution in [0.4, 0.5) is 11.4 Å². The van der Waals surface area contributed by atoms with Crippen LogP contribution < -0.4 is 10.6 Å². The van der Waals surface area contributed by atoms with Crippen LogP contribution in [0.15, 0.2) is 60.8 Å². The van der Waals surface area contributed by atoms with Crippen molar-refractivity contribution in [2.45, 2.75) is 6.92 Å². The van der Waals surface area contributed by atoms with Crippen molar-refractivity contribution in [3.63, 3.8) is 0 Å². The summed E-state index contributed by atoms with van der Waals surface area (Å²) in [4.78, 5) is 27.7. The maximum atomic E-state index is 12.4. The molecule has 3 rings (SSSR count). The van der Waals surface area contributed by atoms with Gasteiger partial charge in [0.15, 0.2) is 0 Å². The average molecular weight is 305 g/mol. The fourth-order valence-electron chi connectivity index (χ4n) is 2.28.